The Labute approximate surface area is 204 Å². The van der Waals surface area contributed by atoms with Crippen molar-refractivity contribution in [3.63, 3.8) is 0 Å². The highest BCUT2D eigenvalue weighted by atomic mass is 19.2. The third-order valence-electron chi connectivity index (χ3n) is 6.29. The number of rotatable bonds is 8. The molecule has 1 aliphatic heterocycles. The molecule has 35 heavy (non-hydrogen) atoms. The van der Waals surface area contributed by atoms with Gasteiger partial charge in [-0.3, -0.25) is 9.69 Å². The number of ether oxygens (including phenoxy) is 2. The maximum Gasteiger partial charge on any atom is 0.254 e. The molecule has 1 atom stereocenters. The first kappa shape index (κ1) is 24.8. The molecule has 3 aromatic rings. The zero-order valence-corrected chi connectivity index (χ0v) is 20.0. The van der Waals surface area contributed by atoms with Gasteiger partial charge in [-0.2, -0.15) is 0 Å². The Hall–Kier alpha value is -3.29. The van der Waals surface area contributed by atoms with E-state index in [-0.39, 0.29) is 17.6 Å². The summed E-state index contributed by atoms with van der Waals surface area (Å²) in [6.45, 7) is 5.51. The van der Waals surface area contributed by atoms with Gasteiger partial charge in [-0.25, -0.2) is 8.78 Å². The highest BCUT2D eigenvalue weighted by Crippen LogP contribution is 2.25. The van der Waals surface area contributed by atoms with Crippen molar-refractivity contribution >= 4 is 5.91 Å². The molecule has 5 nitrogen and oxygen atoms in total. The van der Waals surface area contributed by atoms with Crippen molar-refractivity contribution in [2.24, 2.45) is 0 Å². The van der Waals surface area contributed by atoms with Gasteiger partial charge in [0.1, 0.15) is 5.75 Å². The number of aryl methyl sites for hydroxylation is 1. The average molecular weight is 481 g/mol. The molecule has 0 aromatic heterocycles. The second-order valence-corrected chi connectivity index (χ2v) is 8.78. The van der Waals surface area contributed by atoms with E-state index in [0.717, 1.165) is 29.0 Å². The Bertz CT molecular complexity index is 1150. The number of hydrogen-bond donors (Lipinski definition) is 0. The van der Waals surface area contributed by atoms with Gasteiger partial charge in [0.2, 0.25) is 0 Å². The number of piperazine rings is 1. The minimum Gasteiger partial charge on any atom is -0.497 e. The molecular weight excluding hydrogens is 450 g/mol. The molecule has 3 aromatic carbocycles. The van der Waals surface area contributed by atoms with Crippen molar-refractivity contribution < 1.29 is 23.0 Å². The Morgan fingerprint density at radius 2 is 1.69 bits per heavy atom. The number of halogens is 2. The molecule has 0 saturated carbocycles. The number of methoxy groups -OCH3 is 1. The lowest BCUT2D eigenvalue weighted by Gasteiger charge is -2.36. The van der Waals surface area contributed by atoms with Gasteiger partial charge in [-0.05, 0) is 48.4 Å². The van der Waals surface area contributed by atoms with Crippen LogP contribution in [0.15, 0.2) is 66.7 Å². The first-order valence-electron chi connectivity index (χ1n) is 11.7. The second-order valence-electron chi connectivity index (χ2n) is 8.78. The van der Waals surface area contributed by atoms with E-state index in [4.69, 9.17) is 9.47 Å². The number of carbonyl (C=O) groups is 1. The van der Waals surface area contributed by atoms with E-state index in [1.165, 1.54) is 11.6 Å². The van der Waals surface area contributed by atoms with Crippen LogP contribution >= 0.6 is 0 Å². The number of hydrogen-bond acceptors (Lipinski definition) is 4. The molecule has 4 rings (SSSR count). The smallest absolute Gasteiger partial charge is 0.254 e. The summed E-state index contributed by atoms with van der Waals surface area (Å²) in [5, 5.41) is 0. The zero-order valence-electron chi connectivity index (χ0n) is 20.0. The summed E-state index contributed by atoms with van der Waals surface area (Å²) in [5.74, 6) is -1.49. The predicted molar refractivity (Wildman–Crippen MR) is 130 cm³/mol. The van der Waals surface area contributed by atoms with Crippen LogP contribution in [-0.4, -0.2) is 55.5 Å². The summed E-state index contributed by atoms with van der Waals surface area (Å²) in [4.78, 5) is 16.7. The van der Waals surface area contributed by atoms with Gasteiger partial charge >= 0.3 is 0 Å². The quantitative estimate of drug-likeness (QED) is 0.455. The van der Waals surface area contributed by atoms with E-state index in [2.05, 4.69) is 36.1 Å². The standard InChI is InChI=1S/C28H30F2N2O3/c1-20-6-8-21(9-7-20)19-35-27(22-4-3-5-24(16-22)34-2)18-31-12-14-32(15-13-31)28(33)23-10-11-25(29)26(30)17-23/h3-11,16-17,27H,12-15,18-19H2,1-2H3. The van der Waals surface area contributed by atoms with E-state index >= 15 is 0 Å². The van der Waals surface area contributed by atoms with Gasteiger partial charge in [0, 0.05) is 38.3 Å². The average Bonchev–Trinajstić information content (AvgIpc) is 2.89. The van der Waals surface area contributed by atoms with Gasteiger partial charge in [0.05, 0.1) is 19.8 Å². The van der Waals surface area contributed by atoms with Crippen molar-refractivity contribution in [3.8, 4) is 5.75 Å². The molecule has 1 amide bonds. The lowest BCUT2D eigenvalue weighted by Crippen LogP contribution is -2.49. The topological polar surface area (TPSA) is 42.0 Å². The van der Waals surface area contributed by atoms with Crippen molar-refractivity contribution in [2.75, 3.05) is 39.8 Å². The summed E-state index contributed by atoms with van der Waals surface area (Å²) in [7, 11) is 1.64. The van der Waals surface area contributed by atoms with Crippen LogP contribution in [0, 0.1) is 18.6 Å². The molecule has 1 aliphatic rings. The fraction of sp³-hybridized carbons (Fsp3) is 0.321. The van der Waals surface area contributed by atoms with Crippen LogP contribution in [0.25, 0.3) is 0 Å². The molecule has 0 radical (unpaired) electrons. The predicted octanol–water partition coefficient (Wildman–Crippen LogP) is 5.00. The highest BCUT2D eigenvalue weighted by Gasteiger charge is 2.25. The SMILES string of the molecule is COc1cccc(C(CN2CCN(C(=O)c3ccc(F)c(F)c3)CC2)OCc2ccc(C)cc2)c1. The van der Waals surface area contributed by atoms with Gasteiger partial charge in [-0.15, -0.1) is 0 Å². The van der Waals surface area contributed by atoms with Crippen LogP contribution in [-0.2, 0) is 11.3 Å². The molecule has 184 valence electrons. The normalized spacial score (nSPS) is 15.1. The van der Waals surface area contributed by atoms with E-state index in [1.54, 1.807) is 12.0 Å². The van der Waals surface area contributed by atoms with Crippen molar-refractivity contribution in [2.45, 2.75) is 19.6 Å². The summed E-state index contributed by atoms with van der Waals surface area (Å²) < 4.78 is 38.6. The minimum absolute atomic E-state index is 0.160. The maximum absolute atomic E-state index is 13.6. The number of carbonyl (C=O) groups excluding carboxylic acids is 1. The summed E-state index contributed by atoms with van der Waals surface area (Å²) in [6.07, 6.45) is -0.181. The third-order valence-corrected chi connectivity index (χ3v) is 6.29. The Kier molecular flexibility index (Phi) is 8.10. The fourth-order valence-electron chi connectivity index (χ4n) is 4.16. The molecule has 0 aliphatic carbocycles. The van der Waals surface area contributed by atoms with Gasteiger partial charge in [0.25, 0.3) is 5.91 Å². The van der Waals surface area contributed by atoms with Crippen LogP contribution in [0.3, 0.4) is 0 Å². The number of benzene rings is 3. The molecule has 7 heteroatoms. The van der Waals surface area contributed by atoms with Crippen LogP contribution in [0.1, 0.15) is 33.2 Å². The lowest BCUT2D eigenvalue weighted by atomic mass is 10.1. The third kappa shape index (κ3) is 6.44. The van der Waals surface area contributed by atoms with Gasteiger partial charge in [-0.1, -0.05) is 42.0 Å². The summed E-state index contributed by atoms with van der Waals surface area (Å²) >= 11 is 0. The van der Waals surface area contributed by atoms with Crippen molar-refractivity contribution in [1.82, 2.24) is 9.80 Å². The molecule has 1 heterocycles. The first-order chi connectivity index (χ1) is 16.9. The number of nitrogens with zero attached hydrogens (tertiary/aromatic N) is 2. The Morgan fingerprint density at radius 3 is 2.37 bits per heavy atom. The molecule has 1 unspecified atom stereocenters. The molecule has 1 saturated heterocycles. The Morgan fingerprint density at radius 1 is 0.943 bits per heavy atom. The molecular formula is C28H30F2N2O3. The first-order valence-corrected chi connectivity index (χ1v) is 11.7. The minimum atomic E-state index is -1.01. The zero-order chi connectivity index (χ0) is 24.8. The van der Waals surface area contributed by atoms with Crippen LogP contribution in [0.2, 0.25) is 0 Å². The fourth-order valence-corrected chi connectivity index (χ4v) is 4.16. The van der Waals surface area contributed by atoms with Crippen LogP contribution in [0.5, 0.6) is 5.75 Å². The van der Waals surface area contributed by atoms with E-state index in [9.17, 15) is 13.6 Å². The van der Waals surface area contributed by atoms with Crippen molar-refractivity contribution in [3.05, 3.63) is 101 Å². The summed E-state index contributed by atoms with van der Waals surface area (Å²) in [5.41, 5.74) is 3.49. The largest absolute Gasteiger partial charge is 0.497 e. The maximum atomic E-state index is 13.6. The monoisotopic (exact) mass is 480 g/mol. The molecule has 0 N–H and O–H groups in total. The molecule has 0 bridgehead atoms. The second kappa shape index (κ2) is 11.4. The van der Waals surface area contributed by atoms with Crippen LogP contribution < -0.4 is 4.74 Å². The number of amides is 1. The van der Waals surface area contributed by atoms with E-state index in [1.807, 2.05) is 24.3 Å². The Balaban J connectivity index is 1.40. The molecule has 1 fully saturated rings. The van der Waals surface area contributed by atoms with Gasteiger partial charge in [0.15, 0.2) is 11.6 Å². The van der Waals surface area contributed by atoms with E-state index in [0.29, 0.717) is 39.3 Å². The van der Waals surface area contributed by atoms with E-state index < -0.39 is 11.6 Å². The summed E-state index contributed by atoms with van der Waals surface area (Å²) in [6, 6.07) is 19.4. The highest BCUT2D eigenvalue weighted by molar-refractivity contribution is 5.94. The van der Waals surface area contributed by atoms with Gasteiger partial charge < -0.3 is 14.4 Å². The van der Waals surface area contributed by atoms with Crippen molar-refractivity contribution in [1.29, 1.82) is 0 Å². The lowest BCUT2D eigenvalue weighted by molar-refractivity contribution is 0.00333. The van der Waals surface area contributed by atoms with Crippen LogP contribution in [0.4, 0.5) is 8.78 Å². The molecule has 0 spiro atoms.